The molecule has 3 aromatic carbocycles. The maximum absolute atomic E-state index is 14.2. The standard InChI is InChI=1S/C30H33F2IN2O4/c1-4-5-18-34-28(36)27(22-9-7-6-8-10-22)29(37)35(24-15-16-25(38-2)26(20-24)39-3)19-17-21-11-13-23(14-12-21)30(31,32)33/h6-16,20,27H,4-5,17-19H2,1-3H3,(H,34,36). The molecule has 39 heavy (non-hydrogen) atoms. The maximum Gasteiger partial charge on any atom is 0.321 e. The molecule has 0 aromatic heterocycles. The Morgan fingerprint density at radius 1 is 0.974 bits per heavy atom. The molecule has 1 atom stereocenters. The first-order chi connectivity index (χ1) is 18.7. The van der Waals surface area contributed by atoms with E-state index in [1.807, 2.05) is 13.0 Å². The van der Waals surface area contributed by atoms with Crippen molar-refractivity contribution in [2.75, 3.05) is 32.2 Å². The van der Waals surface area contributed by atoms with Gasteiger partial charge in [-0.15, -0.1) is 0 Å². The Balaban J connectivity index is 1.99. The first kappa shape index (κ1) is 30.3. The van der Waals surface area contributed by atoms with Gasteiger partial charge in [0.05, 0.1) is 14.2 Å². The van der Waals surface area contributed by atoms with E-state index in [4.69, 9.17) is 9.47 Å². The predicted octanol–water partition coefficient (Wildman–Crippen LogP) is 6.46. The first-order valence-electron chi connectivity index (χ1n) is 12.7. The molecule has 6 nitrogen and oxygen atoms in total. The molecule has 1 N–H and O–H groups in total. The lowest BCUT2D eigenvalue weighted by molar-refractivity contribution is -0.130. The van der Waals surface area contributed by atoms with Crippen molar-refractivity contribution < 1.29 is 27.8 Å². The van der Waals surface area contributed by atoms with Gasteiger partial charge in [-0.25, -0.2) is 0 Å². The van der Waals surface area contributed by atoms with Gasteiger partial charge in [0.1, 0.15) is 5.92 Å². The Morgan fingerprint density at radius 2 is 1.64 bits per heavy atom. The minimum atomic E-state index is -2.97. The maximum atomic E-state index is 14.2. The number of carbonyl (C=O) groups is 2. The average molecular weight is 651 g/mol. The van der Waals surface area contributed by atoms with Gasteiger partial charge in [-0.1, -0.05) is 67.9 Å². The highest BCUT2D eigenvalue weighted by Crippen LogP contribution is 2.36. The Bertz CT molecular complexity index is 1230. The summed E-state index contributed by atoms with van der Waals surface area (Å²) in [5, 5.41) is 2.90. The number of nitrogens with zero attached hydrogens (tertiary/aromatic N) is 1. The van der Waals surface area contributed by atoms with Crippen LogP contribution in [0, 0.1) is 0 Å². The number of nitrogens with one attached hydrogen (secondary N) is 1. The lowest BCUT2D eigenvalue weighted by Crippen LogP contribution is -2.43. The molecule has 208 valence electrons. The van der Waals surface area contributed by atoms with Crippen LogP contribution in [0.15, 0.2) is 72.8 Å². The van der Waals surface area contributed by atoms with E-state index in [-0.39, 0.29) is 18.0 Å². The molecular weight excluding hydrogens is 617 g/mol. The van der Waals surface area contributed by atoms with Gasteiger partial charge in [-0.3, -0.25) is 9.59 Å². The minimum Gasteiger partial charge on any atom is -0.493 e. The van der Waals surface area contributed by atoms with E-state index in [2.05, 4.69) is 5.32 Å². The molecule has 9 heteroatoms. The molecule has 0 saturated heterocycles. The zero-order valence-electron chi connectivity index (χ0n) is 22.3. The number of carbonyl (C=O) groups excluding carboxylic acids is 2. The van der Waals surface area contributed by atoms with Crippen LogP contribution in [-0.2, 0) is 19.9 Å². The molecular formula is C30H33F2IN2O4. The highest BCUT2D eigenvalue weighted by Gasteiger charge is 2.33. The second-order valence-corrected chi connectivity index (χ2v) is 10.3. The van der Waals surface area contributed by atoms with Gasteiger partial charge < -0.3 is 19.7 Å². The molecule has 0 radical (unpaired) electrons. The Labute approximate surface area is 241 Å². The molecule has 0 aliphatic carbocycles. The second kappa shape index (κ2) is 14.3. The number of unbranched alkanes of at least 4 members (excludes halogenated alkanes) is 1. The number of rotatable bonds is 13. The van der Waals surface area contributed by atoms with Gasteiger partial charge in [0.25, 0.3) is 0 Å². The number of amides is 2. The summed E-state index contributed by atoms with van der Waals surface area (Å²) in [6.07, 6.45) is 2.09. The first-order valence-corrected chi connectivity index (χ1v) is 13.8. The summed E-state index contributed by atoms with van der Waals surface area (Å²) in [5.41, 5.74) is 1.79. The molecule has 0 aliphatic heterocycles. The average Bonchev–Trinajstić information content (AvgIpc) is 2.93. The number of hydrogen-bond donors (Lipinski definition) is 1. The quantitative estimate of drug-likeness (QED) is 0.0998. The van der Waals surface area contributed by atoms with Crippen LogP contribution in [0.3, 0.4) is 0 Å². The molecule has 0 heterocycles. The van der Waals surface area contributed by atoms with Gasteiger partial charge in [0, 0.05) is 53.0 Å². The molecule has 2 amide bonds. The fraction of sp³-hybridized carbons (Fsp3) is 0.333. The largest absolute Gasteiger partial charge is 0.493 e. The Morgan fingerprint density at radius 3 is 2.23 bits per heavy atom. The summed E-state index contributed by atoms with van der Waals surface area (Å²) in [6.45, 7) is 2.70. The SMILES string of the molecule is CCCCNC(=O)C(C(=O)N(CCc1ccc(C(F)(F)I)cc1)c1ccc(OC)c(OC)c1)c1ccccc1. The van der Waals surface area contributed by atoms with E-state index >= 15 is 0 Å². The van der Waals surface area contributed by atoms with Crippen LogP contribution in [0.4, 0.5) is 14.5 Å². The topological polar surface area (TPSA) is 67.9 Å². The third-order valence-corrected chi connectivity index (χ3v) is 6.94. The molecule has 0 bridgehead atoms. The third kappa shape index (κ3) is 8.14. The van der Waals surface area contributed by atoms with Crippen LogP contribution in [0.5, 0.6) is 11.5 Å². The summed E-state index contributed by atoms with van der Waals surface area (Å²) in [6, 6.07) is 20.1. The van der Waals surface area contributed by atoms with Gasteiger partial charge in [-0.05, 0) is 36.1 Å². The molecule has 0 spiro atoms. The Hall–Kier alpha value is -3.21. The van der Waals surface area contributed by atoms with E-state index in [0.29, 0.717) is 35.7 Å². The van der Waals surface area contributed by atoms with Crippen LogP contribution in [0.25, 0.3) is 0 Å². The Kier molecular flexibility index (Phi) is 11.1. The number of benzene rings is 3. The summed E-state index contributed by atoms with van der Waals surface area (Å²) >= 11 is 1.10. The van der Waals surface area contributed by atoms with E-state index < -0.39 is 15.8 Å². The number of alkyl halides is 3. The minimum absolute atomic E-state index is 0.0902. The lowest BCUT2D eigenvalue weighted by Gasteiger charge is -2.28. The van der Waals surface area contributed by atoms with Crippen LogP contribution in [-0.4, -0.2) is 39.1 Å². The smallest absolute Gasteiger partial charge is 0.321 e. The van der Waals surface area contributed by atoms with Crippen LogP contribution >= 0.6 is 22.6 Å². The van der Waals surface area contributed by atoms with E-state index in [1.165, 1.54) is 26.4 Å². The molecule has 1 unspecified atom stereocenters. The molecule has 0 fully saturated rings. The summed E-state index contributed by atoms with van der Waals surface area (Å²) < 4.78 is 35.2. The summed E-state index contributed by atoms with van der Waals surface area (Å²) in [7, 11) is 3.03. The number of ether oxygens (including phenoxy) is 2. The fourth-order valence-corrected chi connectivity index (χ4v) is 4.52. The molecule has 0 saturated carbocycles. The molecule has 3 rings (SSSR count). The van der Waals surface area contributed by atoms with E-state index in [0.717, 1.165) is 41.0 Å². The number of hydrogen-bond acceptors (Lipinski definition) is 4. The van der Waals surface area contributed by atoms with Crippen molar-refractivity contribution >= 4 is 40.1 Å². The fourth-order valence-electron chi connectivity index (χ4n) is 4.16. The van der Waals surface area contributed by atoms with Crippen molar-refractivity contribution in [2.45, 2.75) is 36.0 Å². The van der Waals surface area contributed by atoms with Crippen LogP contribution in [0.2, 0.25) is 0 Å². The molecule has 0 aliphatic rings. The summed E-state index contributed by atoms with van der Waals surface area (Å²) in [4.78, 5) is 29.1. The van der Waals surface area contributed by atoms with Gasteiger partial charge in [-0.2, -0.15) is 8.78 Å². The number of anilines is 1. The van der Waals surface area contributed by atoms with Crippen molar-refractivity contribution in [1.29, 1.82) is 0 Å². The van der Waals surface area contributed by atoms with Crippen molar-refractivity contribution in [3.8, 4) is 11.5 Å². The zero-order chi connectivity index (χ0) is 28.4. The normalized spacial score (nSPS) is 11.9. The van der Waals surface area contributed by atoms with E-state index in [9.17, 15) is 18.4 Å². The summed E-state index contributed by atoms with van der Waals surface area (Å²) in [5.74, 6) is -0.918. The monoisotopic (exact) mass is 650 g/mol. The van der Waals surface area contributed by atoms with Crippen molar-refractivity contribution in [2.24, 2.45) is 0 Å². The van der Waals surface area contributed by atoms with Gasteiger partial charge in [0.2, 0.25) is 11.8 Å². The van der Waals surface area contributed by atoms with Crippen molar-refractivity contribution in [1.82, 2.24) is 5.32 Å². The highest BCUT2D eigenvalue weighted by atomic mass is 127. The van der Waals surface area contributed by atoms with Crippen LogP contribution in [0.1, 0.15) is 42.4 Å². The van der Waals surface area contributed by atoms with Gasteiger partial charge >= 0.3 is 3.93 Å². The number of halogens is 3. The third-order valence-electron chi connectivity index (χ3n) is 6.32. The van der Waals surface area contributed by atoms with Gasteiger partial charge in [0.15, 0.2) is 11.5 Å². The van der Waals surface area contributed by atoms with Crippen molar-refractivity contribution in [3.63, 3.8) is 0 Å². The lowest BCUT2D eigenvalue weighted by atomic mass is 9.95. The zero-order valence-corrected chi connectivity index (χ0v) is 24.4. The van der Waals surface area contributed by atoms with Crippen molar-refractivity contribution in [3.05, 3.63) is 89.5 Å². The second-order valence-electron chi connectivity index (χ2n) is 8.96. The van der Waals surface area contributed by atoms with Crippen LogP contribution < -0.4 is 19.7 Å². The molecule has 3 aromatic rings. The number of methoxy groups -OCH3 is 2. The van der Waals surface area contributed by atoms with E-state index in [1.54, 1.807) is 59.5 Å². The predicted molar refractivity (Wildman–Crippen MR) is 157 cm³/mol. The highest BCUT2D eigenvalue weighted by molar-refractivity contribution is 14.1.